The van der Waals surface area contributed by atoms with Gasteiger partial charge in [0.15, 0.2) is 0 Å². The summed E-state index contributed by atoms with van der Waals surface area (Å²) < 4.78 is 0. The van der Waals surface area contributed by atoms with Crippen molar-refractivity contribution in [2.75, 3.05) is 38.3 Å². The van der Waals surface area contributed by atoms with Gasteiger partial charge in [0.1, 0.15) is 0 Å². The molecular weight excluding hydrogens is 448 g/mol. The predicted molar refractivity (Wildman–Crippen MR) is 148 cm³/mol. The third-order valence-electron chi connectivity index (χ3n) is 6.24. The van der Waals surface area contributed by atoms with E-state index in [1.165, 1.54) is 5.56 Å². The minimum absolute atomic E-state index is 0.0457. The number of nitrogens with zero attached hydrogens (tertiary/aromatic N) is 2. The van der Waals surface area contributed by atoms with Gasteiger partial charge < -0.3 is 20.4 Å². The van der Waals surface area contributed by atoms with E-state index in [0.29, 0.717) is 29.1 Å². The number of hydrogen-bond acceptors (Lipinski definition) is 4. The van der Waals surface area contributed by atoms with Gasteiger partial charge in [0.2, 0.25) is 0 Å². The van der Waals surface area contributed by atoms with Crippen molar-refractivity contribution in [2.45, 2.75) is 26.3 Å². The van der Waals surface area contributed by atoms with E-state index >= 15 is 0 Å². The quantitative estimate of drug-likeness (QED) is 0.392. The Bertz CT molecular complexity index is 1260. The number of fused-ring (bicyclic) bond motifs is 1. The van der Waals surface area contributed by atoms with E-state index in [2.05, 4.69) is 34.6 Å². The first-order chi connectivity index (χ1) is 17.4. The molecule has 0 atom stereocenters. The van der Waals surface area contributed by atoms with Crippen LogP contribution in [0.1, 0.15) is 46.8 Å². The van der Waals surface area contributed by atoms with Gasteiger partial charge in [0, 0.05) is 42.6 Å². The number of nitrogens with one attached hydrogen (secondary N) is 2. The SMILES string of the molecule is CCCCN(C)C(=O)c1ccc2c(c1)C(=C(Nc1ccc(CN(C)C)cc1)c1ccccc1)C(=O)N2. The van der Waals surface area contributed by atoms with Crippen LogP contribution >= 0.6 is 0 Å². The van der Waals surface area contributed by atoms with Gasteiger partial charge in [0.05, 0.1) is 11.3 Å². The largest absolute Gasteiger partial charge is 0.354 e. The van der Waals surface area contributed by atoms with E-state index in [4.69, 9.17) is 0 Å². The van der Waals surface area contributed by atoms with Crippen molar-refractivity contribution in [3.8, 4) is 0 Å². The van der Waals surface area contributed by atoms with Crippen LogP contribution in [0.4, 0.5) is 11.4 Å². The minimum Gasteiger partial charge on any atom is -0.354 e. The Morgan fingerprint density at radius 2 is 1.64 bits per heavy atom. The van der Waals surface area contributed by atoms with Crippen molar-refractivity contribution < 1.29 is 9.59 Å². The van der Waals surface area contributed by atoms with Crippen LogP contribution in [0.2, 0.25) is 0 Å². The Balaban J connectivity index is 1.76. The Labute approximate surface area is 213 Å². The van der Waals surface area contributed by atoms with Gasteiger partial charge >= 0.3 is 0 Å². The third kappa shape index (κ3) is 5.66. The second-order valence-corrected chi connectivity index (χ2v) is 9.47. The maximum Gasteiger partial charge on any atom is 0.258 e. The summed E-state index contributed by atoms with van der Waals surface area (Å²) in [4.78, 5) is 30.2. The maximum atomic E-state index is 13.3. The van der Waals surface area contributed by atoms with Crippen LogP contribution in [0, 0.1) is 0 Å². The standard InChI is InChI=1S/C30H34N4O2/c1-5-6-18-34(4)30(36)23-14-17-26-25(19-23)27(29(35)32-26)28(22-10-8-7-9-11-22)31-24-15-12-21(13-16-24)20-33(2)3/h7-17,19,31H,5-6,18,20H2,1-4H3,(H,32,35). The molecule has 6 nitrogen and oxygen atoms in total. The highest BCUT2D eigenvalue weighted by atomic mass is 16.2. The highest BCUT2D eigenvalue weighted by Crippen LogP contribution is 2.38. The molecule has 6 heteroatoms. The summed E-state index contributed by atoms with van der Waals surface area (Å²) in [5.41, 5.74) is 6.22. The monoisotopic (exact) mass is 482 g/mol. The molecular formula is C30H34N4O2. The van der Waals surface area contributed by atoms with Gasteiger partial charge in [-0.3, -0.25) is 9.59 Å². The van der Waals surface area contributed by atoms with Crippen LogP contribution in [0.5, 0.6) is 0 Å². The van der Waals surface area contributed by atoms with Crippen LogP contribution in [0.15, 0.2) is 72.8 Å². The van der Waals surface area contributed by atoms with Gasteiger partial charge in [-0.15, -0.1) is 0 Å². The topological polar surface area (TPSA) is 64.7 Å². The summed E-state index contributed by atoms with van der Waals surface area (Å²) in [7, 11) is 5.91. The van der Waals surface area contributed by atoms with Gasteiger partial charge in [-0.1, -0.05) is 55.8 Å². The number of carbonyl (C=O) groups excluding carboxylic acids is 2. The maximum absolute atomic E-state index is 13.3. The van der Waals surface area contributed by atoms with Crippen molar-refractivity contribution in [1.82, 2.24) is 9.80 Å². The van der Waals surface area contributed by atoms with E-state index in [0.717, 1.165) is 36.2 Å². The zero-order chi connectivity index (χ0) is 25.7. The van der Waals surface area contributed by atoms with Crippen LogP contribution in [0.25, 0.3) is 11.3 Å². The number of benzene rings is 3. The Morgan fingerprint density at radius 3 is 2.31 bits per heavy atom. The van der Waals surface area contributed by atoms with Gasteiger partial charge in [-0.2, -0.15) is 0 Å². The normalized spacial score (nSPS) is 13.9. The summed E-state index contributed by atoms with van der Waals surface area (Å²) in [6.07, 6.45) is 1.98. The molecule has 3 aromatic carbocycles. The minimum atomic E-state index is -0.190. The number of rotatable bonds is 9. The van der Waals surface area contributed by atoms with Crippen LogP contribution in [-0.4, -0.2) is 49.3 Å². The van der Waals surface area contributed by atoms with Gasteiger partial charge in [0.25, 0.3) is 11.8 Å². The zero-order valence-electron chi connectivity index (χ0n) is 21.5. The molecule has 1 aliphatic rings. The average Bonchev–Trinajstić information content (AvgIpc) is 3.21. The van der Waals surface area contributed by atoms with E-state index in [-0.39, 0.29) is 11.8 Å². The Morgan fingerprint density at radius 1 is 0.917 bits per heavy atom. The molecule has 0 radical (unpaired) electrons. The summed E-state index contributed by atoms with van der Waals surface area (Å²) in [6, 6.07) is 23.5. The predicted octanol–water partition coefficient (Wildman–Crippen LogP) is 5.55. The molecule has 0 aromatic heterocycles. The molecule has 0 spiro atoms. The molecule has 0 unspecified atom stereocenters. The van der Waals surface area contributed by atoms with Crippen LogP contribution in [-0.2, 0) is 11.3 Å². The van der Waals surface area contributed by atoms with Gasteiger partial charge in [-0.05, 0) is 62.0 Å². The fraction of sp³-hybridized carbons (Fsp3) is 0.267. The first-order valence-electron chi connectivity index (χ1n) is 12.4. The lowest BCUT2D eigenvalue weighted by Gasteiger charge is -2.18. The lowest BCUT2D eigenvalue weighted by Crippen LogP contribution is -2.27. The molecule has 1 aliphatic heterocycles. The molecule has 2 N–H and O–H groups in total. The van der Waals surface area contributed by atoms with Crippen LogP contribution in [0.3, 0.4) is 0 Å². The molecule has 36 heavy (non-hydrogen) atoms. The van der Waals surface area contributed by atoms with Crippen molar-refractivity contribution in [1.29, 1.82) is 0 Å². The summed E-state index contributed by atoms with van der Waals surface area (Å²) in [6.45, 7) is 3.66. The molecule has 0 bridgehead atoms. The Hall–Kier alpha value is -3.90. The summed E-state index contributed by atoms with van der Waals surface area (Å²) in [5.74, 6) is -0.236. The van der Waals surface area contributed by atoms with Crippen molar-refractivity contribution in [3.63, 3.8) is 0 Å². The Kier molecular flexibility index (Phi) is 7.86. The molecule has 0 fully saturated rings. The van der Waals surface area contributed by atoms with Crippen molar-refractivity contribution in [3.05, 3.63) is 95.1 Å². The molecule has 3 aromatic rings. The van der Waals surface area contributed by atoms with Crippen molar-refractivity contribution in [2.24, 2.45) is 0 Å². The van der Waals surface area contributed by atoms with E-state index in [1.54, 1.807) is 11.0 Å². The first kappa shape index (κ1) is 25.2. The van der Waals surface area contributed by atoms with Crippen LogP contribution < -0.4 is 10.6 Å². The fourth-order valence-electron chi connectivity index (χ4n) is 4.35. The molecule has 4 rings (SSSR count). The lowest BCUT2D eigenvalue weighted by atomic mass is 9.98. The molecule has 1 heterocycles. The summed E-state index contributed by atoms with van der Waals surface area (Å²) >= 11 is 0. The summed E-state index contributed by atoms with van der Waals surface area (Å²) in [5, 5.41) is 6.47. The number of carbonyl (C=O) groups is 2. The van der Waals surface area contributed by atoms with E-state index < -0.39 is 0 Å². The van der Waals surface area contributed by atoms with Gasteiger partial charge in [-0.25, -0.2) is 0 Å². The molecule has 186 valence electrons. The third-order valence-corrected chi connectivity index (χ3v) is 6.24. The second kappa shape index (κ2) is 11.2. The molecule has 2 amide bonds. The van der Waals surface area contributed by atoms with E-state index in [1.807, 2.05) is 75.7 Å². The molecule has 0 saturated carbocycles. The first-order valence-corrected chi connectivity index (χ1v) is 12.4. The highest BCUT2D eigenvalue weighted by molar-refractivity contribution is 6.37. The molecule has 0 saturated heterocycles. The van der Waals surface area contributed by atoms with Crippen molar-refractivity contribution >= 4 is 34.5 Å². The number of unbranched alkanes of at least 4 members (excludes halogenated alkanes) is 1. The number of anilines is 2. The lowest BCUT2D eigenvalue weighted by molar-refractivity contribution is -0.110. The zero-order valence-corrected chi connectivity index (χ0v) is 21.5. The molecule has 0 aliphatic carbocycles. The smallest absolute Gasteiger partial charge is 0.258 e. The number of amides is 2. The highest BCUT2D eigenvalue weighted by Gasteiger charge is 2.29. The number of hydrogen-bond donors (Lipinski definition) is 2. The average molecular weight is 483 g/mol. The fourth-order valence-corrected chi connectivity index (χ4v) is 4.35. The second-order valence-electron chi connectivity index (χ2n) is 9.47. The van der Waals surface area contributed by atoms with E-state index in [9.17, 15) is 9.59 Å².